The average Bonchev–Trinajstić information content (AvgIpc) is 3.08. The molecular weight excluding hydrogens is 324 g/mol. The van der Waals surface area contributed by atoms with E-state index in [1.165, 1.54) is 5.56 Å². The third-order valence-electron chi connectivity index (χ3n) is 5.42. The number of rotatable bonds is 3. The lowest BCUT2D eigenvalue weighted by molar-refractivity contribution is -0.118. The van der Waals surface area contributed by atoms with Crippen LogP contribution in [-0.2, 0) is 17.6 Å². The molecule has 3 aromatic rings. The summed E-state index contributed by atoms with van der Waals surface area (Å²) in [5.74, 6) is 0.0783. The number of pyridine rings is 1. The van der Waals surface area contributed by atoms with Crippen molar-refractivity contribution >= 4 is 22.5 Å². The Morgan fingerprint density at radius 3 is 2.81 bits per heavy atom. The van der Waals surface area contributed by atoms with Gasteiger partial charge in [0.25, 0.3) is 5.56 Å². The first-order chi connectivity index (χ1) is 12.5. The number of amides is 1. The van der Waals surface area contributed by atoms with Crippen LogP contribution in [0, 0.1) is 13.8 Å². The number of anilines is 1. The predicted molar refractivity (Wildman–Crippen MR) is 105 cm³/mol. The first kappa shape index (κ1) is 16.6. The summed E-state index contributed by atoms with van der Waals surface area (Å²) in [6.07, 6.45) is 1.70. The molecule has 0 atom stereocenters. The van der Waals surface area contributed by atoms with E-state index < -0.39 is 0 Å². The third kappa shape index (κ3) is 2.81. The number of benzene rings is 2. The van der Waals surface area contributed by atoms with Crippen molar-refractivity contribution < 1.29 is 4.79 Å². The summed E-state index contributed by atoms with van der Waals surface area (Å²) in [6.45, 7) is 4.78. The molecule has 0 bridgehead atoms. The van der Waals surface area contributed by atoms with Crippen molar-refractivity contribution in [2.24, 2.45) is 0 Å². The molecule has 0 unspecified atom stereocenters. The summed E-state index contributed by atoms with van der Waals surface area (Å²) in [7, 11) is 0. The SMILES string of the molecule is Cc1ccc2cc(CCC(=O)N3CCc4ccccc43)c(=O)[nH]c2c1C. The minimum atomic E-state index is -0.0965. The quantitative estimate of drug-likeness (QED) is 0.787. The highest BCUT2D eigenvalue weighted by atomic mass is 16.2. The normalized spacial score (nSPS) is 13.2. The smallest absolute Gasteiger partial charge is 0.251 e. The van der Waals surface area contributed by atoms with Crippen LogP contribution in [-0.4, -0.2) is 17.4 Å². The Morgan fingerprint density at radius 2 is 1.96 bits per heavy atom. The zero-order valence-electron chi connectivity index (χ0n) is 15.1. The molecule has 1 aliphatic rings. The van der Waals surface area contributed by atoms with Gasteiger partial charge in [0.05, 0.1) is 5.52 Å². The number of H-pyrrole nitrogens is 1. The zero-order chi connectivity index (χ0) is 18.3. The highest BCUT2D eigenvalue weighted by Gasteiger charge is 2.23. The molecule has 0 saturated heterocycles. The van der Waals surface area contributed by atoms with E-state index in [2.05, 4.69) is 17.1 Å². The highest BCUT2D eigenvalue weighted by molar-refractivity contribution is 5.95. The Balaban J connectivity index is 1.55. The average molecular weight is 346 g/mol. The monoisotopic (exact) mass is 346 g/mol. The van der Waals surface area contributed by atoms with Crippen LogP contribution in [0.2, 0.25) is 0 Å². The fraction of sp³-hybridized carbons (Fsp3) is 0.273. The number of nitrogens with zero attached hydrogens (tertiary/aromatic N) is 1. The number of carbonyl (C=O) groups is 1. The molecule has 1 N–H and O–H groups in total. The Morgan fingerprint density at radius 1 is 1.15 bits per heavy atom. The number of fused-ring (bicyclic) bond motifs is 2. The molecule has 0 radical (unpaired) electrons. The summed E-state index contributed by atoms with van der Waals surface area (Å²) in [5, 5.41) is 1.02. The lowest BCUT2D eigenvalue weighted by Gasteiger charge is -2.17. The van der Waals surface area contributed by atoms with Crippen molar-refractivity contribution in [1.82, 2.24) is 4.98 Å². The molecule has 1 aromatic heterocycles. The van der Waals surface area contributed by atoms with Crippen LogP contribution in [0.5, 0.6) is 0 Å². The van der Waals surface area contributed by atoms with Gasteiger partial charge in [-0.05, 0) is 60.9 Å². The first-order valence-electron chi connectivity index (χ1n) is 9.05. The number of hydrogen-bond donors (Lipinski definition) is 1. The van der Waals surface area contributed by atoms with Crippen LogP contribution >= 0.6 is 0 Å². The van der Waals surface area contributed by atoms with Gasteiger partial charge in [-0.15, -0.1) is 0 Å². The first-order valence-corrected chi connectivity index (χ1v) is 9.05. The maximum absolute atomic E-state index is 12.7. The highest BCUT2D eigenvalue weighted by Crippen LogP contribution is 2.28. The number of para-hydroxylation sites is 1. The fourth-order valence-electron chi connectivity index (χ4n) is 3.73. The molecule has 0 saturated carbocycles. The van der Waals surface area contributed by atoms with E-state index in [1.807, 2.05) is 49.1 Å². The van der Waals surface area contributed by atoms with E-state index in [1.54, 1.807) is 0 Å². The van der Waals surface area contributed by atoms with E-state index >= 15 is 0 Å². The number of aromatic nitrogens is 1. The Kier molecular flexibility index (Phi) is 4.11. The van der Waals surface area contributed by atoms with E-state index in [4.69, 9.17) is 0 Å². The summed E-state index contributed by atoms with van der Waals surface area (Å²) in [5.41, 5.74) is 5.94. The van der Waals surface area contributed by atoms with Gasteiger partial charge < -0.3 is 9.88 Å². The number of aryl methyl sites for hydroxylation is 3. The van der Waals surface area contributed by atoms with Gasteiger partial charge in [0.15, 0.2) is 0 Å². The van der Waals surface area contributed by atoms with Crippen molar-refractivity contribution in [1.29, 1.82) is 0 Å². The fourth-order valence-corrected chi connectivity index (χ4v) is 3.73. The topological polar surface area (TPSA) is 53.2 Å². The van der Waals surface area contributed by atoms with Gasteiger partial charge in [0.1, 0.15) is 0 Å². The van der Waals surface area contributed by atoms with E-state index in [-0.39, 0.29) is 11.5 Å². The Bertz CT molecular complexity index is 1070. The van der Waals surface area contributed by atoms with Crippen molar-refractivity contribution in [3.05, 3.63) is 75.1 Å². The molecule has 2 aromatic carbocycles. The van der Waals surface area contributed by atoms with Crippen molar-refractivity contribution in [2.75, 3.05) is 11.4 Å². The number of aromatic amines is 1. The molecule has 1 amide bonds. The maximum Gasteiger partial charge on any atom is 0.251 e. The summed E-state index contributed by atoms with van der Waals surface area (Å²) >= 11 is 0. The van der Waals surface area contributed by atoms with Crippen LogP contribution in [0.25, 0.3) is 10.9 Å². The molecule has 1 aliphatic heterocycles. The summed E-state index contributed by atoms with van der Waals surface area (Å²) < 4.78 is 0. The van der Waals surface area contributed by atoms with Crippen LogP contribution < -0.4 is 10.5 Å². The lowest BCUT2D eigenvalue weighted by atomic mass is 10.0. The van der Waals surface area contributed by atoms with Crippen LogP contribution in [0.1, 0.15) is 28.7 Å². The van der Waals surface area contributed by atoms with Crippen molar-refractivity contribution in [2.45, 2.75) is 33.1 Å². The summed E-state index contributed by atoms with van der Waals surface area (Å²) in [6, 6.07) is 14.0. The van der Waals surface area contributed by atoms with Crippen molar-refractivity contribution in [3.63, 3.8) is 0 Å². The van der Waals surface area contributed by atoms with Gasteiger partial charge >= 0.3 is 0 Å². The molecule has 4 heteroatoms. The van der Waals surface area contributed by atoms with Gasteiger partial charge in [-0.25, -0.2) is 0 Å². The molecule has 0 fully saturated rings. The molecular formula is C22H22N2O2. The number of nitrogens with one attached hydrogen (secondary N) is 1. The maximum atomic E-state index is 12.7. The second kappa shape index (κ2) is 6.45. The van der Waals surface area contributed by atoms with Gasteiger partial charge in [0, 0.05) is 24.2 Å². The summed E-state index contributed by atoms with van der Waals surface area (Å²) in [4.78, 5) is 30.0. The van der Waals surface area contributed by atoms with Gasteiger partial charge in [-0.2, -0.15) is 0 Å². The second-order valence-electron chi connectivity index (χ2n) is 7.02. The van der Waals surface area contributed by atoms with E-state index in [9.17, 15) is 9.59 Å². The molecule has 2 heterocycles. The van der Waals surface area contributed by atoms with Gasteiger partial charge in [-0.3, -0.25) is 9.59 Å². The third-order valence-corrected chi connectivity index (χ3v) is 5.42. The molecule has 4 rings (SSSR count). The Labute approximate surface area is 152 Å². The second-order valence-corrected chi connectivity index (χ2v) is 7.02. The van der Waals surface area contributed by atoms with Crippen LogP contribution in [0.15, 0.2) is 47.3 Å². The van der Waals surface area contributed by atoms with E-state index in [0.29, 0.717) is 18.4 Å². The van der Waals surface area contributed by atoms with Crippen molar-refractivity contribution in [3.8, 4) is 0 Å². The van der Waals surface area contributed by atoms with Gasteiger partial charge in [0.2, 0.25) is 5.91 Å². The number of carbonyl (C=O) groups excluding carboxylic acids is 1. The molecule has 4 nitrogen and oxygen atoms in total. The lowest BCUT2D eigenvalue weighted by Crippen LogP contribution is -2.29. The predicted octanol–water partition coefficient (Wildman–Crippen LogP) is 3.67. The Hall–Kier alpha value is -2.88. The largest absolute Gasteiger partial charge is 0.321 e. The van der Waals surface area contributed by atoms with Crippen LogP contribution in [0.3, 0.4) is 0 Å². The molecule has 0 aliphatic carbocycles. The minimum absolute atomic E-state index is 0.0783. The molecule has 26 heavy (non-hydrogen) atoms. The minimum Gasteiger partial charge on any atom is -0.321 e. The zero-order valence-corrected chi connectivity index (χ0v) is 15.1. The standard InChI is InChI=1S/C22H22N2O2/c1-14-7-8-17-13-18(22(26)23-21(17)15(14)2)9-10-20(25)24-12-11-16-5-3-4-6-19(16)24/h3-8,13H,9-12H2,1-2H3,(H,23,26). The molecule has 132 valence electrons. The van der Waals surface area contributed by atoms with Crippen LogP contribution in [0.4, 0.5) is 5.69 Å². The van der Waals surface area contributed by atoms with Gasteiger partial charge in [-0.1, -0.05) is 30.3 Å². The molecule has 0 spiro atoms. The van der Waals surface area contributed by atoms with E-state index in [0.717, 1.165) is 40.7 Å². The number of hydrogen-bond acceptors (Lipinski definition) is 2.